The van der Waals surface area contributed by atoms with Gasteiger partial charge in [-0.15, -0.1) is 10.2 Å². The zero-order valence-corrected chi connectivity index (χ0v) is 10.2. The first-order valence-electron chi connectivity index (χ1n) is 5.81. The zero-order valence-electron chi connectivity index (χ0n) is 10.2. The molecule has 0 aliphatic heterocycles. The van der Waals surface area contributed by atoms with Gasteiger partial charge in [-0.3, -0.25) is 4.98 Å². The molecule has 0 bridgehead atoms. The number of carboxylic acid groups (broad SMARTS) is 1. The lowest BCUT2D eigenvalue weighted by atomic mass is 10.1. The Labute approximate surface area is 113 Å². The number of hydrogen-bond acceptors (Lipinski definition) is 5. The molecule has 6 heteroatoms. The minimum absolute atomic E-state index is 0.211. The number of pyridine rings is 1. The first kappa shape index (κ1) is 12.0. The molecular weight excluding hydrogens is 258 g/mol. The minimum Gasteiger partial charge on any atom is -0.478 e. The van der Waals surface area contributed by atoms with E-state index < -0.39 is 5.97 Å². The van der Waals surface area contributed by atoms with E-state index in [1.165, 1.54) is 12.1 Å². The van der Waals surface area contributed by atoms with Crippen molar-refractivity contribution in [1.82, 2.24) is 15.2 Å². The Kier molecular flexibility index (Phi) is 2.96. The molecule has 0 radical (unpaired) electrons. The monoisotopic (exact) mass is 267 g/mol. The quantitative estimate of drug-likeness (QED) is 0.784. The van der Waals surface area contributed by atoms with Gasteiger partial charge in [0.2, 0.25) is 11.8 Å². The Morgan fingerprint density at radius 1 is 0.900 bits per heavy atom. The van der Waals surface area contributed by atoms with Crippen molar-refractivity contribution in [1.29, 1.82) is 0 Å². The van der Waals surface area contributed by atoms with Crippen molar-refractivity contribution in [3.05, 3.63) is 54.4 Å². The highest BCUT2D eigenvalue weighted by molar-refractivity contribution is 5.88. The van der Waals surface area contributed by atoms with Crippen LogP contribution in [0.2, 0.25) is 0 Å². The number of carboxylic acids is 1. The highest BCUT2D eigenvalue weighted by atomic mass is 16.4. The highest BCUT2D eigenvalue weighted by Gasteiger charge is 2.11. The fraction of sp³-hybridized carbons (Fsp3) is 0. The van der Waals surface area contributed by atoms with Crippen LogP contribution in [0.15, 0.2) is 53.2 Å². The maximum atomic E-state index is 10.8. The molecule has 0 fully saturated rings. The molecule has 1 N–H and O–H groups in total. The summed E-state index contributed by atoms with van der Waals surface area (Å²) in [5, 5.41) is 16.8. The Hall–Kier alpha value is -3.02. The summed E-state index contributed by atoms with van der Waals surface area (Å²) in [4.78, 5) is 14.7. The molecule has 0 atom stereocenters. The first-order chi connectivity index (χ1) is 9.74. The molecule has 1 aromatic carbocycles. The van der Waals surface area contributed by atoms with E-state index in [0.29, 0.717) is 17.3 Å². The third kappa shape index (κ3) is 2.26. The number of aromatic nitrogens is 3. The van der Waals surface area contributed by atoms with Crippen molar-refractivity contribution in [2.75, 3.05) is 0 Å². The van der Waals surface area contributed by atoms with Crippen molar-refractivity contribution >= 4 is 5.97 Å². The van der Waals surface area contributed by atoms with Gasteiger partial charge in [-0.25, -0.2) is 4.79 Å². The van der Waals surface area contributed by atoms with Gasteiger partial charge in [0.15, 0.2) is 0 Å². The maximum Gasteiger partial charge on any atom is 0.335 e. The average Bonchev–Trinajstić information content (AvgIpc) is 2.98. The Bertz CT molecular complexity index is 736. The molecule has 2 aromatic heterocycles. The van der Waals surface area contributed by atoms with E-state index in [4.69, 9.17) is 9.52 Å². The van der Waals surface area contributed by atoms with E-state index in [1.54, 1.807) is 36.7 Å². The maximum absolute atomic E-state index is 10.8. The Morgan fingerprint density at radius 2 is 1.45 bits per heavy atom. The van der Waals surface area contributed by atoms with Crippen LogP contribution in [-0.4, -0.2) is 26.3 Å². The molecule has 0 amide bonds. The highest BCUT2D eigenvalue weighted by Crippen LogP contribution is 2.23. The molecule has 98 valence electrons. The van der Waals surface area contributed by atoms with Crippen LogP contribution in [0, 0.1) is 0 Å². The van der Waals surface area contributed by atoms with E-state index in [2.05, 4.69) is 15.2 Å². The van der Waals surface area contributed by atoms with Gasteiger partial charge in [0.05, 0.1) is 5.56 Å². The first-order valence-corrected chi connectivity index (χ1v) is 5.81. The summed E-state index contributed by atoms with van der Waals surface area (Å²) in [7, 11) is 0. The van der Waals surface area contributed by atoms with Crippen molar-refractivity contribution in [3.8, 4) is 22.9 Å². The predicted molar refractivity (Wildman–Crippen MR) is 69.9 cm³/mol. The van der Waals surface area contributed by atoms with Gasteiger partial charge in [0.1, 0.15) is 0 Å². The lowest BCUT2D eigenvalue weighted by Crippen LogP contribution is -1.94. The Morgan fingerprint density at radius 3 is 2.00 bits per heavy atom. The molecule has 0 aliphatic carbocycles. The standard InChI is InChI=1S/C14H9N3O3/c18-14(19)11-3-1-9(2-4-11)12-16-17-13(20-12)10-5-7-15-8-6-10/h1-8H,(H,18,19). The second-order valence-electron chi connectivity index (χ2n) is 4.03. The fourth-order valence-electron chi connectivity index (χ4n) is 1.71. The number of nitrogens with zero attached hydrogens (tertiary/aromatic N) is 3. The van der Waals surface area contributed by atoms with Crippen LogP contribution in [-0.2, 0) is 0 Å². The number of aromatic carboxylic acids is 1. The summed E-state index contributed by atoms with van der Waals surface area (Å²) in [6.07, 6.45) is 3.28. The molecule has 0 aliphatic rings. The molecule has 20 heavy (non-hydrogen) atoms. The van der Waals surface area contributed by atoms with Crippen LogP contribution in [0.1, 0.15) is 10.4 Å². The van der Waals surface area contributed by atoms with Crippen LogP contribution in [0.4, 0.5) is 0 Å². The number of carbonyl (C=O) groups is 1. The summed E-state index contributed by atoms with van der Waals surface area (Å²) in [5.41, 5.74) is 1.66. The Balaban J connectivity index is 1.92. The molecule has 0 spiro atoms. The van der Waals surface area contributed by atoms with E-state index in [1.807, 2.05) is 0 Å². The third-order valence-electron chi connectivity index (χ3n) is 2.73. The van der Waals surface area contributed by atoms with E-state index in [-0.39, 0.29) is 5.56 Å². The summed E-state index contributed by atoms with van der Waals surface area (Å²) in [6, 6.07) is 9.79. The average molecular weight is 267 g/mol. The van der Waals surface area contributed by atoms with Crippen molar-refractivity contribution in [2.45, 2.75) is 0 Å². The molecular formula is C14H9N3O3. The van der Waals surface area contributed by atoms with Crippen LogP contribution in [0.25, 0.3) is 22.9 Å². The smallest absolute Gasteiger partial charge is 0.335 e. The van der Waals surface area contributed by atoms with Crippen molar-refractivity contribution in [2.24, 2.45) is 0 Å². The SMILES string of the molecule is O=C(O)c1ccc(-c2nnc(-c3ccncc3)o2)cc1. The van der Waals surface area contributed by atoms with Crippen LogP contribution in [0.5, 0.6) is 0 Å². The third-order valence-corrected chi connectivity index (χ3v) is 2.73. The molecule has 2 heterocycles. The van der Waals surface area contributed by atoms with E-state index in [9.17, 15) is 4.79 Å². The normalized spacial score (nSPS) is 10.4. The van der Waals surface area contributed by atoms with Crippen LogP contribution >= 0.6 is 0 Å². The van der Waals surface area contributed by atoms with Gasteiger partial charge < -0.3 is 9.52 Å². The number of hydrogen-bond donors (Lipinski definition) is 1. The molecule has 0 unspecified atom stereocenters. The van der Waals surface area contributed by atoms with E-state index >= 15 is 0 Å². The number of rotatable bonds is 3. The molecule has 6 nitrogen and oxygen atoms in total. The van der Waals surface area contributed by atoms with Crippen LogP contribution in [0.3, 0.4) is 0 Å². The zero-order chi connectivity index (χ0) is 13.9. The molecule has 0 saturated carbocycles. The molecule has 0 saturated heterocycles. The fourth-order valence-corrected chi connectivity index (χ4v) is 1.71. The topological polar surface area (TPSA) is 89.1 Å². The van der Waals surface area contributed by atoms with Gasteiger partial charge >= 0.3 is 5.97 Å². The summed E-state index contributed by atoms with van der Waals surface area (Å²) in [6.45, 7) is 0. The second-order valence-corrected chi connectivity index (χ2v) is 4.03. The predicted octanol–water partition coefficient (Wildman–Crippen LogP) is 2.50. The van der Waals surface area contributed by atoms with Gasteiger partial charge in [-0.2, -0.15) is 0 Å². The van der Waals surface area contributed by atoms with E-state index in [0.717, 1.165) is 5.56 Å². The van der Waals surface area contributed by atoms with Gasteiger partial charge in [-0.05, 0) is 36.4 Å². The van der Waals surface area contributed by atoms with Gasteiger partial charge in [0, 0.05) is 23.5 Å². The van der Waals surface area contributed by atoms with Crippen molar-refractivity contribution in [3.63, 3.8) is 0 Å². The molecule has 3 rings (SSSR count). The summed E-state index contributed by atoms with van der Waals surface area (Å²) in [5.74, 6) is -0.238. The molecule has 3 aromatic rings. The van der Waals surface area contributed by atoms with Crippen LogP contribution < -0.4 is 0 Å². The summed E-state index contributed by atoms with van der Waals surface area (Å²) < 4.78 is 5.56. The lowest BCUT2D eigenvalue weighted by molar-refractivity contribution is 0.0697. The minimum atomic E-state index is -0.973. The number of benzene rings is 1. The lowest BCUT2D eigenvalue weighted by Gasteiger charge is -1.96. The largest absolute Gasteiger partial charge is 0.478 e. The van der Waals surface area contributed by atoms with Gasteiger partial charge in [0.25, 0.3) is 0 Å². The second kappa shape index (κ2) is 4.93. The van der Waals surface area contributed by atoms with Gasteiger partial charge in [-0.1, -0.05) is 0 Å². The summed E-state index contributed by atoms with van der Waals surface area (Å²) >= 11 is 0. The van der Waals surface area contributed by atoms with Crippen molar-refractivity contribution < 1.29 is 14.3 Å².